The van der Waals surface area contributed by atoms with E-state index >= 15 is 0 Å². The fraction of sp³-hybridized carbons (Fsp3) is 0.562. The highest BCUT2D eigenvalue weighted by atomic mass is 16.5. The van der Waals surface area contributed by atoms with E-state index < -0.39 is 0 Å². The monoisotopic (exact) mass is 248 g/mol. The van der Waals surface area contributed by atoms with Crippen LogP contribution in [0.4, 0.5) is 0 Å². The Labute approximate surface area is 110 Å². The average molecular weight is 248 g/mol. The van der Waals surface area contributed by atoms with Crippen LogP contribution in [0.1, 0.15) is 51.9 Å². The van der Waals surface area contributed by atoms with Gasteiger partial charge in [-0.05, 0) is 45.4 Å². The summed E-state index contributed by atoms with van der Waals surface area (Å²) < 4.78 is 5.34. The van der Waals surface area contributed by atoms with Crippen molar-refractivity contribution in [3.05, 3.63) is 36.5 Å². The maximum absolute atomic E-state index is 11.5. The quantitative estimate of drug-likeness (QED) is 0.471. The zero-order chi connectivity index (χ0) is 13.1. The summed E-state index contributed by atoms with van der Waals surface area (Å²) in [6.07, 6.45) is 19.3. The van der Waals surface area contributed by atoms with E-state index in [0.29, 0.717) is 6.42 Å². The Kier molecular flexibility index (Phi) is 7.94. The van der Waals surface area contributed by atoms with E-state index in [2.05, 4.69) is 36.5 Å². The third-order valence-electron chi connectivity index (χ3n) is 2.87. The molecule has 100 valence electrons. The molecule has 0 aromatic carbocycles. The van der Waals surface area contributed by atoms with Crippen LogP contribution < -0.4 is 0 Å². The summed E-state index contributed by atoms with van der Waals surface area (Å²) in [6.45, 7) is 1.98. The van der Waals surface area contributed by atoms with Crippen LogP contribution in [0.5, 0.6) is 0 Å². The molecule has 18 heavy (non-hydrogen) atoms. The molecule has 2 heteroatoms. The molecular weight excluding hydrogens is 224 g/mol. The summed E-state index contributed by atoms with van der Waals surface area (Å²) in [4.78, 5) is 11.5. The van der Waals surface area contributed by atoms with Crippen molar-refractivity contribution in [2.75, 3.05) is 0 Å². The molecule has 1 rings (SSSR count). The van der Waals surface area contributed by atoms with Crippen LogP contribution in [-0.2, 0) is 9.53 Å². The molecule has 0 N–H and O–H groups in total. The van der Waals surface area contributed by atoms with E-state index in [1.165, 1.54) is 0 Å². The molecule has 0 saturated carbocycles. The van der Waals surface area contributed by atoms with Crippen molar-refractivity contribution in [3.8, 4) is 0 Å². The Bertz CT molecular complexity index is 313. The van der Waals surface area contributed by atoms with Crippen molar-refractivity contribution in [3.63, 3.8) is 0 Å². The smallest absolute Gasteiger partial charge is 0.306 e. The van der Waals surface area contributed by atoms with Crippen LogP contribution >= 0.6 is 0 Å². The number of allylic oxidation sites excluding steroid dienone is 6. The van der Waals surface area contributed by atoms with Gasteiger partial charge in [0, 0.05) is 6.42 Å². The number of hydrogen-bond donors (Lipinski definition) is 0. The average Bonchev–Trinajstić information content (AvgIpc) is 2.33. The molecule has 0 amide bonds. The molecule has 0 saturated heterocycles. The van der Waals surface area contributed by atoms with Gasteiger partial charge in [0.25, 0.3) is 0 Å². The van der Waals surface area contributed by atoms with Crippen molar-refractivity contribution < 1.29 is 9.53 Å². The predicted molar refractivity (Wildman–Crippen MR) is 75.3 cm³/mol. The second-order valence-corrected chi connectivity index (χ2v) is 4.66. The molecule has 1 atom stereocenters. The van der Waals surface area contributed by atoms with Crippen molar-refractivity contribution in [2.45, 2.75) is 58.0 Å². The molecular formula is C16H24O2. The number of hydrogen-bond acceptors (Lipinski definition) is 2. The van der Waals surface area contributed by atoms with Gasteiger partial charge in [-0.2, -0.15) is 0 Å². The van der Waals surface area contributed by atoms with E-state index in [1.807, 2.05) is 6.92 Å². The third-order valence-corrected chi connectivity index (χ3v) is 2.87. The van der Waals surface area contributed by atoms with Gasteiger partial charge in [0.2, 0.25) is 0 Å². The van der Waals surface area contributed by atoms with Crippen molar-refractivity contribution in [2.24, 2.45) is 0 Å². The van der Waals surface area contributed by atoms with Gasteiger partial charge in [0.15, 0.2) is 0 Å². The number of esters is 1. The van der Waals surface area contributed by atoms with E-state index in [9.17, 15) is 4.79 Å². The topological polar surface area (TPSA) is 26.3 Å². The van der Waals surface area contributed by atoms with Crippen molar-refractivity contribution in [1.29, 1.82) is 0 Å². The molecule has 0 bridgehead atoms. The molecule has 1 unspecified atom stereocenters. The molecule has 0 aromatic heterocycles. The molecule has 0 radical (unpaired) electrons. The molecule has 0 aromatic rings. The van der Waals surface area contributed by atoms with Crippen molar-refractivity contribution >= 4 is 5.97 Å². The normalized spacial score (nSPS) is 29.2. The van der Waals surface area contributed by atoms with Crippen LogP contribution in [-0.4, -0.2) is 12.1 Å². The summed E-state index contributed by atoms with van der Waals surface area (Å²) in [6, 6.07) is 0. The number of carbonyl (C=O) groups excluding carboxylic acids is 1. The number of cyclic esters (lactones) is 1. The Balaban J connectivity index is 2.42. The fourth-order valence-electron chi connectivity index (χ4n) is 1.84. The lowest BCUT2D eigenvalue weighted by atomic mass is 10.1. The number of rotatable bonds is 0. The molecule has 1 aliphatic rings. The maximum atomic E-state index is 11.5. The summed E-state index contributed by atoms with van der Waals surface area (Å²) in [5.41, 5.74) is 0. The summed E-state index contributed by atoms with van der Waals surface area (Å²) >= 11 is 0. The molecule has 0 spiro atoms. The number of ether oxygens (including phenoxy) is 1. The minimum atomic E-state index is -0.0784. The standard InChI is InChI=1S/C16H24O2/c1-15-13-11-9-7-5-3-2-4-6-8-10-12-14-16(17)18-15/h2,4-5,7-8,10,15H,3,6,9,11-14H2,1H3/b4-2+,7-5+,10-8+. The lowest BCUT2D eigenvalue weighted by Gasteiger charge is -2.12. The van der Waals surface area contributed by atoms with Gasteiger partial charge in [-0.1, -0.05) is 36.5 Å². The first-order valence-corrected chi connectivity index (χ1v) is 6.93. The highest BCUT2D eigenvalue weighted by molar-refractivity contribution is 5.69. The SMILES string of the molecule is CC1CCC/C=C/C/C=C/C/C=C/CCC(=O)O1. The Hall–Kier alpha value is -1.31. The Morgan fingerprint density at radius 1 is 1.00 bits per heavy atom. The van der Waals surface area contributed by atoms with Crippen molar-refractivity contribution in [1.82, 2.24) is 0 Å². The van der Waals surface area contributed by atoms with Gasteiger partial charge in [-0.15, -0.1) is 0 Å². The molecule has 1 heterocycles. The van der Waals surface area contributed by atoms with E-state index in [0.717, 1.165) is 38.5 Å². The van der Waals surface area contributed by atoms with Gasteiger partial charge in [-0.3, -0.25) is 4.79 Å². The molecule has 0 fully saturated rings. The lowest BCUT2D eigenvalue weighted by Crippen LogP contribution is -2.14. The molecule has 2 nitrogen and oxygen atoms in total. The molecule has 0 aliphatic carbocycles. The van der Waals surface area contributed by atoms with E-state index in [1.54, 1.807) is 0 Å². The minimum Gasteiger partial charge on any atom is -0.463 e. The Morgan fingerprint density at radius 2 is 1.61 bits per heavy atom. The summed E-state index contributed by atoms with van der Waals surface area (Å²) in [5, 5.41) is 0. The minimum absolute atomic E-state index is 0.0441. The van der Waals surface area contributed by atoms with Gasteiger partial charge in [-0.25, -0.2) is 0 Å². The second-order valence-electron chi connectivity index (χ2n) is 4.66. The van der Waals surface area contributed by atoms with Gasteiger partial charge in [0.05, 0.1) is 6.10 Å². The van der Waals surface area contributed by atoms with Gasteiger partial charge in [0.1, 0.15) is 0 Å². The van der Waals surface area contributed by atoms with Crippen LogP contribution in [0.25, 0.3) is 0 Å². The maximum Gasteiger partial charge on any atom is 0.306 e. The largest absolute Gasteiger partial charge is 0.463 e. The number of carbonyl (C=O) groups is 1. The first-order chi connectivity index (χ1) is 8.79. The zero-order valence-corrected chi connectivity index (χ0v) is 11.3. The second kappa shape index (κ2) is 9.69. The third kappa shape index (κ3) is 7.88. The van der Waals surface area contributed by atoms with Crippen LogP contribution in [0.15, 0.2) is 36.5 Å². The van der Waals surface area contributed by atoms with Gasteiger partial charge >= 0.3 is 5.97 Å². The first-order valence-electron chi connectivity index (χ1n) is 6.93. The van der Waals surface area contributed by atoms with Gasteiger partial charge < -0.3 is 4.74 Å². The van der Waals surface area contributed by atoms with Crippen LogP contribution in [0, 0.1) is 0 Å². The fourth-order valence-corrected chi connectivity index (χ4v) is 1.84. The highest BCUT2D eigenvalue weighted by Crippen LogP contribution is 2.08. The highest BCUT2D eigenvalue weighted by Gasteiger charge is 2.07. The Morgan fingerprint density at radius 3 is 2.33 bits per heavy atom. The van der Waals surface area contributed by atoms with E-state index in [4.69, 9.17) is 4.74 Å². The summed E-state index contributed by atoms with van der Waals surface area (Å²) in [7, 11) is 0. The summed E-state index contributed by atoms with van der Waals surface area (Å²) in [5.74, 6) is -0.0784. The van der Waals surface area contributed by atoms with Crippen LogP contribution in [0.2, 0.25) is 0 Å². The molecule has 1 aliphatic heterocycles. The first kappa shape index (κ1) is 14.7. The van der Waals surface area contributed by atoms with E-state index in [-0.39, 0.29) is 12.1 Å². The lowest BCUT2D eigenvalue weighted by molar-refractivity contribution is -0.148. The zero-order valence-electron chi connectivity index (χ0n) is 11.3. The predicted octanol–water partition coefficient (Wildman–Crippen LogP) is 4.33. The van der Waals surface area contributed by atoms with Crippen LogP contribution in [0.3, 0.4) is 0 Å².